The predicted molar refractivity (Wildman–Crippen MR) is 83.8 cm³/mol. The van der Waals surface area contributed by atoms with Crippen LogP contribution in [-0.4, -0.2) is 20.3 Å². The zero-order valence-corrected chi connectivity index (χ0v) is 12.5. The highest BCUT2D eigenvalue weighted by Crippen LogP contribution is 2.17. The molecule has 0 fully saturated rings. The Hall–Kier alpha value is -3.56. The van der Waals surface area contributed by atoms with Crippen molar-refractivity contribution in [1.29, 1.82) is 0 Å². The van der Waals surface area contributed by atoms with Gasteiger partial charge in [0.1, 0.15) is 6.54 Å². The number of nitrogens with one attached hydrogen (secondary N) is 1. The van der Waals surface area contributed by atoms with E-state index in [0.717, 1.165) is 16.8 Å². The Morgan fingerprint density at radius 1 is 1.17 bits per heavy atom. The van der Waals surface area contributed by atoms with Crippen LogP contribution in [0.4, 0.5) is 17.1 Å². The molecule has 124 valence electrons. The Kier molecular flexibility index (Phi) is 4.68. The summed E-state index contributed by atoms with van der Waals surface area (Å²) in [6, 6.07) is 6.41. The summed E-state index contributed by atoms with van der Waals surface area (Å²) in [6.07, 6.45) is 0.975. The van der Waals surface area contributed by atoms with Crippen molar-refractivity contribution in [2.24, 2.45) is 0 Å². The maximum absolute atomic E-state index is 12.0. The lowest BCUT2D eigenvalue weighted by atomic mass is 10.2. The molecule has 10 nitrogen and oxygen atoms in total. The van der Waals surface area contributed by atoms with E-state index in [9.17, 15) is 29.8 Å². The summed E-state index contributed by atoms with van der Waals surface area (Å²) in [7, 11) is 0. The molecule has 0 unspecified atom stereocenters. The second-order valence-electron chi connectivity index (χ2n) is 4.93. The lowest BCUT2D eigenvalue weighted by Crippen LogP contribution is -2.28. The smallest absolute Gasteiger partial charge is 0.286 e. The summed E-state index contributed by atoms with van der Waals surface area (Å²) in [4.78, 5) is 44.2. The van der Waals surface area contributed by atoms with Crippen LogP contribution in [0.15, 0.2) is 41.3 Å². The highest BCUT2D eigenvalue weighted by Gasteiger charge is 2.14. The van der Waals surface area contributed by atoms with Crippen LogP contribution in [0.2, 0.25) is 0 Å². The fourth-order valence-electron chi connectivity index (χ4n) is 2.04. The molecule has 0 saturated heterocycles. The van der Waals surface area contributed by atoms with Crippen molar-refractivity contribution in [3.8, 4) is 0 Å². The Balaban J connectivity index is 2.21. The Morgan fingerprint density at radius 2 is 1.83 bits per heavy atom. The van der Waals surface area contributed by atoms with Crippen LogP contribution >= 0.6 is 0 Å². The van der Waals surface area contributed by atoms with E-state index in [1.807, 2.05) is 0 Å². The standard InChI is InChI=1S/C14H12N4O6/c1-9-5-12(18(23)24)7-16(14(9)20)8-13(19)15-10-3-2-4-11(6-10)17(21)22/h2-7H,8H2,1H3,(H,15,19). The summed E-state index contributed by atoms with van der Waals surface area (Å²) in [6.45, 7) is 0.953. The molecule has 0 aliphatic rings. The Bertz CT molecular complexity index is 889. The van der Waals surface area contributed by atoms with Crippen LogP contribution in [0.25, 0.3) is 0 Å². The van der Waals surface area contributed by atoms with Gasteiger partial charge in [0.15, 0.2) is 0 Å². The first-order valence-electron chi connectivity index (χ1n) is 6.67. The largest absolute Gasteiger partial charge is 0.324 e. The molecule has 1 aromatic carbocycles. The number of non-ortho nitro benzene ring substituents is 1. The third kappa shape index (κ3) is 3.80. The van der Waals surface area contributed by atoms with Crippen molar-refractivity contribution >= 4 is 23.0 Å². The first-order chi connectivity index (χ1) is 11.3. The van der Waals surface area contributed by atoms with Crippen molar-refractivity contribution < 1.29 is 14.6 Å². The summed E-state index contributed by atoms with van der Waals surface area (Å²) < 4.78 is 0.917. The molecule has 0 aliphatic heterocycles. The molecule has 0 spiro atoms. The average molecular weight is 332 g/mol. The molecule has 1 aromatic heterocycles. The fraction of sp³-hybridized carbons (Fsp3) is 0.143. The van der Waals surface area contributed by atoms with Crippen molar-refractivity contribution in [2.75, 3.05) is 5.32 Å². The van der Waals surface area contributed by atoms with Crippen LogP contribution in [0.1, 0.15) is 5.56 Å². The van der Waals surface area contributed by atoms with Gasteiger partial charge in [-0.05, 0) is 13.0 Å². The SMILES string of the molecule is Cc1cc([N+](=O)[O-])cn(CC(=O)Nc2cccc([N+](=O)[O-])c2)c1=O. The number of nitro groups is 2. The Labute approximate surface area is 134 Å². The van der Waals surface area contributed by atoms with E-state index in [2.05, 4.69) is 5.32 Å². The van der Waals surface area contributed by atoms with Crippen LogP contribution < -0.4 is 10.9 Å². The second kappa shape index (κ2) is 6.69. The number of amides is 1. The number of anilines is 1. The molecule has 2 aromatic rings. The van der Waals surface area contributed by atoms with E-state index >= 15 is 0 Å². The third-order valence-corrected chi connectivity index (χ3v) is 3.12. The summed E-state index contributed by atoms with van der Waals surface area (Å²) >= 11 is 0. The summed E-state index contributed by atoms with van der Waals surface area (Å²) in [5, 5.41) is 23.9. The monoisotopic (exact) mass is 332 g/mol. The van der Waals surface area contributed by atoms with Gasteiger partial charge in [0.25, 0.3) is 16.9 Å². The minimum atomic E-state index is -0.665. The molecule has 0 bridgehead atoms. The second-order valence-corrected chi connectivity index (χ2v) is 4.93. The van der Waals surface area contributed by atoms with E-state index in [0.29, 0.717) is 0 Å². The number of benzene rings is 1. The van der Waals surface area contributed by atoms with Gasteiger partial charge in [-0.3, -0.25) is 34.4 Å². The van der Waals surface area contributed by atoms with Crippen LogP contribution in [-0.2, 0) is 11.3 Å². The van der Waals surface area contributed by atoms with Gasteiger partial charge in [0.2, 0.25) is 5.91 Å². The average Bonchev–Trinajstić information content (AvgIpc) is 2.51. The maximum Gasteiger partial charge on any atom is 0.286 e. The molecular formula is C14H12N4O6. The van der Waals surface area contributed by atoms with Gasteiger partial charge in [-0.15, -0.1) is 0 Å². The molecule has 0 atom stereocenters. The first-order valence-corrected chi connectivity index (χ1v) is 6.67. The van der Waals surface area contributed by atoms with Gasteiger partial charge < -0.3 is 5.32 Å². The number of hydrogen-bond acceptors (Lipinski definition) is 6. The lowest BCUT2D eigenvalue weighted by molar-refractivity contribution is -0.385. The fourth-order valence-corrected chi connectivity index (χ4v) is 2.04. The van der Waals surface area contributed by atoms with Crippen LogP contribution in [0.3, 0.4) is 0 Å². The predicted octanol–water partition coefficient (Wildman–Crippen LogP) is 1.61. The topological polar surface area (TPSA) is 137 Å². The van der Waals surface area contributed by atoms with E-state index in [-0.39, 0.29) is 22.6 Å². The number of carbonyl (C=O) groups is 1. The normalized spacial score (nSPS) is 10.2. The molecule has 1 N–H and O–H groups in total. The van der Waals surface area contributed by atoms with Crippen LogP contribution in [0.5, 0.6) is 0 Å². The third-order valence-electron chi connectivity index (χ3n) is 3.12. The number of aryl methyl sites for hydroxylation is 1. The zero-order valence-electron chi connectivity index (χ0n) is 12.5. The minimum Gasteiger partial charge on any atom is -0.324 e. The van der Waals surface area contributed by atoms with Crippen molar-refractivity contribution in [2.45, 2.75) is 13.5 Å². The molecular weight excluding hydrogens is 320 g/mol. The number of rotatable bonds is 5. The van der Waals surface area contributed by atoms with Gasteiger partial charge >= 0.3 is 0 Å². The molecule has 0 radical (unpaired) electrons. The number of nitro benzene ring substituents is 1. The molecule has 1 amide bonds. The zero-order chi connectivity index (χ0) is 17.9. The number of hydrogen-bond donors (Lipinski definition) is 1. The summed E-state index contributed by atoms with van der Waals surface area (Å²) in [5.41, 5.74) is -0.724. The number of aromatic nitrogens is 1. The highest BCUT2D eigenvalue weighted by molar-refractivity contribution is 5.90. The number of nitrogens with zero attached hydrogens (tertiary/aromatic N) is 3. The highest BCUT2D eigenvalue weighted by atomic mass is 16.6. The molecule has 1 heterocycles. The number of carbonyl (C=O) groups excluding carboxylic acids is 1. The van der Waals surface area contributed by atoms with Crippen molar-refractivity contribution in [3.63, 3.8) is 0 Å². The molecule has 24 heavy (non-hydrogen) atoms. The van der Waals surface area contributed by atoms with E-state index in [1.54, 1.807) is 0 Å². The van der Waals surface area contributed by atoms with Gasteiger partial charge in [-0.2, -0.15) is 0 Å². The molecule has 2 rings (SSSR count). The number of pyridine rings is 1. The van der Waals surface area contributed by atoms with Gasteiger partial charge in [-0.1, -0.05) is 6.07 Å². The van der Waals surface area contributed by atoms with Gasteiger partial charge in [-0.25, -0.2) is 0 Å². The summed E-state index contributed by atoms with van der Waals surface area (Å²) in [5.74, 6) is -0.641. The minimum absolute atomic E-state index is 0.132. The quantitative estimate of drug-likeness (QED) is 0.652. The van der Waals surface area contributed by atoms with Gasteiger partial charge in [0.05, 0.1) is 16.0 Å². The van der Waals surface area contributed by atoms with Crippen LogP contribution in [0, 0.1) is 27.2 Å². The Morgan fingerprint density at radius 3 is 2.46 bits per heavy atom. The maximum atomic E-state index is 12.0. The molecule has 10 heteroatoms. The van der Waals surface area contributed by atoms with E-state index in [4.69, 9.17) is 0 Å². The van der Waals surface area contributed by atoms with Crippen molar-refractivity contribution in [3.05, 3.63) is 72.7 Å². The lowest BCUT2D eigenvalue weighted by Gasteiger charge is -2.08. The van der Waals surface area contributed by atoms with E-state index < -0.39 is 27.9 Å². The van der Waals surface area contributed by atoms with Gasteiger partial charge in [0, 0.05) is 29.4 Å². The van der Waals surface area contributed by atoms with Crippen molar-refractivity contribution in [1.82, 2.24) is 4.57 Å². The molecule has 0 aliphatic carbocycles. The molecule has 0 saturated carbocycles. The first kappa shape index (κ1) is 16.8. The van der Waals surface area contributed by atoms with E-state index in [1.165, 1.54) is 31.2 Å².